The first-order valence-corrected chi connectivity index (χ1v) is 6.89. The number of aromatic nitrogens is 1. The number of esters is 1. The van der Waals surface area contributed by atoms with Crippen LogP contribution in [0.5, 0.6) is 5.75 Å². The zero-order chi connectivity index (χ0) is 13.7. The summed E-state index contributed by atoms with van der Waals surface area (Å²) in [6, 6.07) is 7.65. The lowest BCUT2D eigenvalue weighted by atomic mass is 10.1. The van der Waals surface area contributed by atoms with Gasteiger partial charge in [-0.1, -0.05) is 19.1 Å². The molecule has 2 rings (SSSR count). The monoisotopic (exact) mass is 277 g/mol. The van der Waals surface area contributed by atoms with E-state index in [1.165, 1.54) is 18.4 Å². The number of nitrogens with zero attached hydrogens (tertiary/aromatic N) is 1. The van der Waals surface area contributed by atoms with Crippen molar-refractivity contribution < 1.29 is 14.3 Å². The summed E-state index contributed by atoms with van der Waals surface area (Å²) in [4.78, 5) is 16.5. The molecule has 0 fully saturated rings. The summed E-state index contributed by atoms with van der Waals surface area (Å²) in [7, 11) is 1.35. The van der Waals surface area contributed by atoms with Gasteiger partial charge in [0.15, 0.2) is 5.69 Å². The van der Waals surface area contributed by atoms with Crippen molar-refractivity contribution in [2.75, 3.05) is 13.7 Å². The van der Waals surface area contributed by atoms with Crippen LogP contribution in [0.25, 0.3) is 10.4 Å². The van der Waals surface area contributed by atoms with Crippen LogP contribution >= 0.6 is 11.3 Å². The summed E-state index contributed by atoms with van der Waals surface area (Å²) >= 11 is 1.41. The molecule has 100 valence electrons. The van der Waals surface area contributed by atoms with Crippen LogP contribution < -0.4 is 4.74 Å². The number of hydrogen-bond acceptors (Lipinski definition) is 5. The highest BCUT2D eigenvalue weighted by Gasteiger charge is 2.16. The van der Waals surface area contributed by atoms with Crippen molar-refractivity contribution in [3.8, 4) is 16.2 Å². The van der Waals surface area contributed by atoms with E-state index in [-0.39, 0.29) is 0 Å². The molecule has 0 amide bonds. The van der Waals surface area contributed by atoms with Gasteiger partial charge in [-0.25, -0.2) is 9.78 Å². The number of hydrogen-bond donors (Lipinski definition) is 0. The van der Waals surface area contributed by atoms with Gasteiger partial charge in [0.05, 0.1) is 24.1 Å². The van der Waals surface area contributed by atoms with Crippen LogP contribution in [0.2, 0.25) is 0 Å². The van der Waals surface area contributed by atoms with Crippen molar-refractivity contribution in [2.24, 2.45) is 0 Å². The lowest BCUT2D eigenvalue weighted by molar-refractivity contribution is 0.0596. The minimum Gasteiger partial charge on any atom is -0.494 e. The Hall–Kier alpha value is -1.88. The molecule has 0 aliphatic carbocycles. The fraction of sp³-hybridized carbons (Fsp3) is 0.286. The van der Waals surface area contributed by atoms with Gasteiger partial charge >= 0.3 is 5.97 Å². The number of thiazole rings is 1. The maximum absolute atomic E-state index is 11.6. The van der Waals surface area contributed by atoms with E-state index in [0.717, 1.165) is 22.6 Å². The van der Waals surface area contributed by atoms with E-state index >= 15 is 0 Å². The molecule has 0 saturated carbocycles. The van der Waals surface area contributed by atoms with Gasteiger partial charge in [-0.15, -0.1) is 11.3 Å². The van der Waals surface area contributed by atoms with E-state index < -0.39 is 5.97 Å². The number of methoxy groups -OCH3 is 1. The van der Waals surface area contributed by atoms with Crippen molar-refractivity contribution in [1.29, 1.82) is 0 Å². The van der Waals surface area contributed by atoms with Gasteiger partial charge in [-0.2, -0.15) is 0 Å². The third-order valence-electron chi connectivity index (χ3n) is 2.52. The lowest BCUT2D eigenvalue weighted by Gasteiger charge is -2.06. The Balaban J connectivity index is 2.31. The molecule has 0 N–H and O–H groups in total. The average Bonchev–Trinajstić information content (AvgIpc) is 2.94. The van der Waals surface area contributed by atoms with Crippen molar-refractivity contribution in [1.82, 2.24) is 4.98 Å². The molecule has 4 nitrogen and oxygen atoms in total. The van der Waals surface area contributed by atoms with E-state index in [4.69, 9.17) is 9.47 Å². The zero-order valence-electron chi connectivity index (χ0n) is 10.9. The van der Waals surface area contributed by atoms with Gasteiger partial charge in [0, 0.05) is 0 Å². The molecular formula is C14H15NO3S. The molecule has 1 heterocycles. The van der Waals surface area contributed by atoms with Gasteiger partial charge in [-0.3, -0.25) is 0 Å². The zero-order valence-corrected chi connectivity index (χ0v) is 11.7. The largest absolute Gasteiger partial charge is 0.494 e. The molecule has 19 heavy (non-hydrogen) atoms. The first-order valence-electron chi connectivity index (χ1n) is 6.01. The Kier molecular flexibility index (Phi) is 4.52. The molecule has 0 saturated heterocycles. The molecular weight excluding hydrogens is 262 g/mol. The average molecular weight is 277 g/mol. The molecule has 1 aromatic carbocycles. The van der Waals surface area contributed by atoms with Crippen LogP contribution in [0.1, 0.15) is 23.8 Å². The van der Waals surface area contributed by atoms with E-state index in [2.05, 4.69) is 11.9 Å². The van der Waals surface area contributed by atoms with Crippen molar-refractivity contribution >= 4 is 17.3 Å². The molecule has 0 radical (unpaired) electrons. The van der Waals surface area contributed by atoms with Crippen LogP contribution in [-0.4, -0.2) is 24.7 Å². The maximum atomic E-state index is 11.6. The number of rotatable bonds is 5. The van der Waals surface area contributed by atoms with E-state index in [1.54, 1.807) is 5.51 Å². The maximum Gasteiger partial charge on any atom is 0.358 e. The summed E-state index contributed by atoms with van der Waals surface area (Å²) in [5, 5.41) is 0. The summed E-state index contributed by atoms with van der Waals surface area (Å²) in [5.74, 6) is 0.375. The third kappa shape index (κ3) is 3.12. The number of benzene rings is 1. The lowest BCUT2D eigenvalue weighted by Crippen LogP contribution is -2.03. The molecule has 0 unspecified atom stereocenters. The Morgan fingerprint density at radius 2 is 2.26 bits per heavy atom. The molecule has 0 spiro atoms. The van der Waals surface area contributed by atoms with Gasteiger partial charge in [-0.05, 0) is 24.1 Å². The quantitative estimate of drug-likeness (QED) is 0.786. The molecule has 5 heteroatoms. The Labute approximate surface area is 116 Å². The predicted octanol–water partition coefficient (Wildman–Crippen LogP) is 3.39. The normalized spacial score (nSPS) is 10.2. The highest BCUT2D eigenvalue weighted by molar-refractivity contribution is 7.13. The smallest absolute Gasteiger partial charge is 0.358 e. The first-order chi connectivity index (χ1) is 9.26. The fourth-order valence-electron chi connectivity index (χ4n) is 1.64. The van der Waals surface area contributed by atoms with Crippen molar-refractivity contribution in [3.63, 3.8) is 0 Å². The van der Waals surface area contributed by atoms with E-state index in [0.29, 0.717) is 12.3 Å². The Bertz CT molecular complexity index is 565. The number of carbonyl (C=O) groups excluding carboxylic acids is 1. The number of carbonyl (C=O) groups is 1. The van der Waals surface area contributed by atoms with Crippen LogP contribution in [0, 0.1) is 0 Å². The highest BCUT2D eigenvalue weighted by Crippen LogP contribution is 2.30. The standard InChI is InChI=1S/C14H15NO3S/c1-3-7-18-11-6-4-5-10(8-11)13-12(14(16)17-2)15-9-19-13/h4-6,8-9H,3,7H2,1-2H3. The minimum absolute atomic E-state index is 0.347. The Morgan fingerprint density at radius 1 is 1.42 bits per heavy atom. The molecule has 0 aliphatic heterocycles. The molecule has 0 bridgehead atoms. The SMILES string of the molecule is CCCOc1cccc(-c2scnc2C(=O)OC)c1. The van der Waals surface area contributed by atoms with Crippen LogP contribution in [0.15, 0.2) is 29.8 Å². The van der Waals surface area contributed by atoms with Crippen molar-refractivity contribution in [3.05, 3.63) is 35.5 Å². The number of ether oxygens (including phenoxy) is 2. The topological polar surface area (TPSA) is 48.4 Å². The molecule has 0 aliphatic rings. The molecule has 1 aromatic heterocycles. The van der Waals surface area contributed by atoms with Crippen LogP contribution in [0.3, 0.4) is 0 Å². The fourth-order valence-corrected chi connectivity index (χ4v) is 2.41. The van der Waals surface area contributed by atoms with Crippen molar-refractivity contribution in [2.45, 2.75) is 13.3 Å². The molecule has 0 atom stereocenters. The van der Waals surface area contributed by atoms with Crippen LogP contribution in [0.4, 0.5) is 0 Å². The minimum atomic E-state index is -0.420. The van der Waals surface area contributed by atoms with Gasteiger partial charge in [0.2, 0.25) is 0 Å². The second-order valence-corrected chi connectivity index (χ2v) is 4.75. The summed E-state index contributed by atoms with van der Waals surface area (Å²) in [5.41, 5.74) is 2.90. The van der Waals surface area contributed by atoms with Gasteiger partial charge in [0.1, 0.15) is 5.75 Å². The predicted molar refractivity (Wildman–Crippen MR) is 74.7 cm³/mol. The Morgan fingerprint density at radius 3 is 3.00 bits per heavy atom. The van der Waals surface area contributed by atoms with Gasteiger partial charge < -0.3 is 9.47 Å². The molecule has 2 aromatic rings. The summed E-state index contributed by atoms with van der Waals surface area (Å²) in [6.07, 6.45) is 0.957. The summed E-state index contributed by atoms with van der Waals surface area (Å²) in [6.45, 7) is 2.73. The van der Waals surface area contributed by atoms with Gasteiger partial charge in [0.25, 0.3) is 0 Å². The van der Waals surface area contributed by atoms with E-state index in [9.17, 15) is 4.79 Å². The highest BCUT2D eigenvalue weighted by atomic mass is 32.1. The first kappa shape index (κ1) is 13.5. The second-order valence-electron chi connectivity index (χ2n) is 3.90. The summed E-state index contributed by atoms with van der Waals surface area (Å²) < 4.78 is 10.3. The second kappa shape index (κ2) is 6.33. The van der Waals surface area contributed by atoms with Crippen LogP contribution in [-0.2, 0) is 4.74 Å². The third-order valence-corrected chi connectivity index (χ3v) is 3.39. The van der Waals surface area contributed by atoms with E-state index in [1.807, 2.05) is 24.3 Å².